The first-order valence-corrected chi connectivity index (χ1v) is 9.19. The van der Waals surface area contributed by atoms with Crippen molar-refractivity contribution in [2.45, 2.75) is 0 Å². The number of carbonyl (C=O) groups excluding carboxylic acids is 1. The topological polar surface area (TPSA) is 151 Å². The maximum atomic E-state index is 11.6. The minimum atomic E-state index is -1.01. The first-order valence-electron chi connectivity index (χ1n) is 9.19. The number of carboxylic acid groups (broad SMARTS) is 3. The second-order valence-corrected chi connectivity index (χ2v) is 6.80. The van der Waals surface area contributed by atoms with E-state index in [4.69, 9.17) is 15.3 Å². The second-order valence-electron chi connectivity index (χ2n) is 6.80. The Bertz CT molecular complexity index is 548. The van der Waals surface area contributed by atoms with Crippen LogP contribution in [-0.4, -0.2) is 137 Å². The number of ether oxygens (including phenoxy) is 1. The van der Waals surface area contributed by atoms with Crippen molar-refractivity contribution in [2.75, 3.05) is 78.5 Å². The Labute approximate surface area is 188 Å². The molecule has 1 aliphatic rings. The summed E-state index contributed by atoms with van der Waals surface area (Å²) in [5.41, 5.74) is 0. The molecule has 168 valence electrons. The molecule has 0 radical (unpaired) electrons. The van der Waals surface area contributed by atoms with Crippen molar-refractivity contribution in [3.8, 4) is 0 Å². The standard InChI is InChI=1S/C17H29N4O8.Zn/c1-29-17(28)13-21-8-6-19(11-15(24)25)4-2-18(10-14(22)23)3-5-20(7-9-21)12-16(26)27;/h1-13H2,(H,22,23)(H,24,25)(H,26,27);/q-1;. The van der Waals surface area contributed by atoms with Gasteiger partial charge in [-0.2, -0.15) is 7.11 Å². The summed E-state index contributed by atoms with van der Waals surface area (Å²) in [5, 5.41) is 27.4. The van der Waals surface area contributed by atoms with Crippen molar-refractivity contribution >= 4 is 23.9 Å². The summed E-state index contributed by atoms with van der Waals surface area (Å²) in [4.78, 5) is 51.8. The van der Waals surface area contributed by atoms with E-state index in [1.54, 1.807) is 19.6 Å². The molecule has 0 aromatic rings. The van der Waals surface area contributed by atoms with Crippen molar-refractivity contribution in [1.29, 1.82) is 0 Å². The van der Waals surface area contributed by atoms with Crippen LogP contribution in [0.2, 0.25) is 0 Å². The number of nitrogens with zero attached hydrogens (tertiary/aromatic N) is 4. The van der Waals surface area contributed by atoms with E-state index in [2.05, 4.69) is 11.8 Å². The van der Waals surface area contributed by atoms with E-state index in [0.717, 1.165) is 0 Å². The second kappa shape index (κ2) is 15.2. The Morgan fingerprint density at radius 2 is 0.833 bits per heavy atom. The predicted molar refractivity (Wildman–Crippen MR) is 100 cm³/mol. The van der Waals surface area contributed by atoms with Crippen molar-refractivity contribution < 1.29 is 58.7 Å². The number of esters is 1. The molecule has 30 heavy (non-hydrogen) atoms. The third kappa shape index (κ3) is 12.8. The van der Waals surface area contributed by atoms with Crippen LogP contribution in [0.5, 0.6) is 0 Å². The number of hydrogen-bond donors (Lipinski definition) is 3. The SMILES string of the molecule is [CH2-]OC(=O)CN1CCN(CC(=O)O)CCN(CC(=O)O)CCN(CC(=O)O)CC1.[Zn]. The van der Waals surface area contributed by atoms with E-state index in [1.165, 1.54) is 0 Å². The Morgan fingerprint density at radius 1 is 0.600 bits per heavy atom. The molecule has 1 aliphatic heterocycles. The van der Waals surface area contributed by atoms with Gasteiger partial charge in [0.1, 0.15) is 0 Å². The molecule has 1 saturated heterocycles. The van der Waals surface area contributed by atoms with Crippen LogP contribution in [0.4, 0.5) is 0 Å². The van der Waals surface area contributed by atoms with Crippen molar-refractivity contribution in [3.05, 3.63) is 7.11 Å². The van der Waals surface area contributed by atoms with Crippen LogP contribution in [0.15, 0.2) is 0 Å². The normalized spacial score (nSPS) is 18.4. The van der Waals surface area contributed by atoms with Gasteiger partial charge in [-0.15, -0.1) is 0 Å². The molecule has 13 heteroatoms. The van der Waals surface area contributed by atoms with E-state index in [9.17, 15) is 19.2 Å². The summed E-state index contributed by atoms with van der Waals surface area (Å²) in [7, 11) is 3.09. The Hall–Kier alpha value is -1.66. The largest absolute Gasteiger partial charge is 0.639 e. The fraction of sp³-hybridized carbons (Fsp3) is 0.706. The molecular formula is C17H29N4O8Zn-. The number of rotatable bonds is 8. The molecule has 0 aromatic heterocycles. The van der Waals surface area contributed by atoms with E-state index >= 15 is 0 Å². The monoisotopic (exact) mass is 481 g/mol. The van der Waals surface area contributed by atoms with Gasteiger partial charge in [0.15, 0.2) is 0 Å². The predicted octanol–water partition coefficient (Wildman–Crippen LogP) is -2.21. The zero-order valence-corrected chi connectivity index (χ0v) is 20.0. The van der Waals surface area contributed by atoms with Gasteiger partial charge >= 0.3 is 17.9 Å². The van der Waals surface area contributed by atoms with Crippen LogP contribution in [0.25, 0.3) is 0 Å². The van der Waals surface area contributed by atoms with Crippen LogP contribution in [0.1, 0.15) is 0 Å². The Kier molecular flexibility index (Phi) is 14.4. The molecule has 1 heterocycles. The van der Waals surface area contributed by atoms with Gasteiger partial charge in [-0.05, 0) is 0 Å². The summed E-state index contributed by atoms with van der Waals surface area (Å²) in [5.74, 6) is -3.56. The van der Waals surface area contributed by atoms with Gasteiger partial charge in [-0.1, -0.05) is 0 Å². The molecule has 0 bridgehead atoms. The first-order chi connectivity index (χ1) is 13.7. The molecular weight excluding hydrogens is 454 g/mol. The molecule has 0 atom stereocenters. The number of carbonyl (C=O) groups is 4. The van der Waals surface area contributed by atoms with Crippen LogP contribution in [-0.2, 0) is 43.4 Å². The fourth-order valence-corrected chi connectivity index (χ4v) is 3.01. The summed E-state index contributed by atoms with van der Waals surface area (Å²) in [6.07, 6.45) is 0. The molecule has 0 aliphatic carbocycles. The maximum absolute atomic E-state index is 11.6. The average molecular weight is 483 g/mol. The van der Waals surface area contributed by atoms with Crippen molar-refractivity contribution in [1.82, 2.24) is 19.6 Å². The molecule has 1 fully saturated rings. The van der Waals surface area contributed by atoms with E-state index in [0.29, 0.717) is 52.4 Å². The van der Waals surface area contributed by atoms with Crippen LogP contribution in [0, 0.1) is 7.11 Å². The Morgan fingerprint density at radius 3 is 1.03 bits per heavy atom. The van der Waals surface area contributed by atoms with Gasteiger partial charge in [0.25, 0.3) is 5.97 Å². The molecule has 1 rings (SSSR count). The zero-order chi connectivity index (χ0) is 21.8. The van der Waals surface area contributed by atoms with E-state index < -0.39 is 23.9 Å². The fourth-order valence-electron chi connectivity index (χ4n) is 3.01. The summed E-state index contributed by atoms with van der Waals surface area (Å²) < 4.78 is 4.45. The molecule has 3 N–H and O–H groups in total. The molecule has 0 unspecified atom stereocenters. The van der Waals surface area contributed by atoms with Crippen molar-refractivity contribution in [3.63, 3.8) is 0 Å². The number of carboxylic acids is 3. The van der Waals surface area contributed by atoms with Gasteiger partial charge in [0.05, 0.1) is 26.2 Å². The third-order valence-electron chi connectivity index (χ3n) is 4.52. The molecule has 12 nitrogen and oxygen atoms in total. The molecule has 0 aromatic carbocycles. The van der Waals surface area contributed by atoms with E-state index in [-0.39, 0.29) is 45.7 Å². The third-order valence-corrected chi connectivity index (χ3v) is 4.52. The summed E-state index contributed by atoms with van der Waals surface area (Å²) in [6.45, 7) is 2.03. The Balaban J connectivity index is 0.00000841. The smallest absolute Gasteiger partial charge is 0.317 e. The number of hydrogen-bond acceptors (Lipinski definition) is 9. The van der Waals surface area contributed by atoms with E-state index in [1.807, 2.05) is 0 Å². The van der Waals surface area contributed by atoms with Crippen LogP contribution in [0.3, 0.4) is 0 Å². The molecule has 0 spiro atoms. The van der Waals surface area contributed by atoms with Gasteiger partial charge < -0.3 is 20.1 Å². The van der Waals surface area contributed by atoms with Crippen LogP contribution >= 0.6 is 0 Å². The quantitative estimate of drug-likeness (QED) is 0.195. The van der Waals surface area contributed by atoms with Gasteiger partial charge in [0, 0.05) is 71.8 Å². The summed E-state index contributed by atoms with van der Waals surface area (Å²) >= 11 is 0. The summed E-state index contributed by atoms with van der Waals surface area (Å²) in [6, 6.07) is 0. The molecule has 0 saturated carbocycles. The van der Waals surface area contributed by atoms with Gasteiger partial charge in [-0.25, -0.2) is 0 Å². The minimum absolute atomic E-state index is 0. The van der Waals surface area contributed by atoms with Gasteiger partial charge in [0.2, 0.25) is 0 Å². The minimum Gasteiger partial charge on any atom is -0.639 e. The molecule has 0 amide bonds. The number of aliphatic carboxylic acids is 3. The maximum Gasteiger partial charge on any atom is 0.317 e. The zero-order valence-electron chi connectivity index (χ0n) is 17.1. The first kappa shape index (κ1) is 28.3. The van der Waals surface area contributed by atoms with Gasteiger partial charge in [-0.3, -0.25) is 38.8 Å². The average Bonchev–Trinajstić information content (AvgIpc) is 2.62. The van der Waals surface area contributed by atoms with Crippen molar-refractivity contribution in [2.24, 2.45) is 0 Å². The van der Waals surface area contributed by atoms with Crippen LogP contribution < -0.4 is 0 Å².